The van der Waals surface area contributed by atoms with Crippen molar-refractivity contribution in [1.29, 1.82) is 0 Å². The zero-order chi connectivity index (χ0) is 26.3. The molecule has 0 saturated carbocycles. The summed E-state index contributed by atoms with van der Waals surface area (Å²) < 4.78 is 80.1. The summed E-state index contributed by atoms with van der Waals surface area (Å²) in [4.78, 5) is 24.6. The molecule has 13 heteroatoms. The van der Waals surface area contributed by atoms with Crippen molar-refractivity contribution in [3.63, 3.8) is 0 Å². The van der Waals surface area contributed by atoms with Crippen LogP contribution in [-0.2, 0) is 25.7 Å². The number of nitrogens with zero attached hydrogens (tertiary/aromatic N) is 5. The van der Waals surface area contributed by atoms with Crippen molar-refractivity contribution >= 4 is 11.6 Å². The molecule has 1 atom stereocenters. The second kappa shape index (κ2) is 9.85. The molecule has 0 bridgehead atoms. The van der Waals surface area contributed by atoms with E-state index in [1.165, 1.54) is 24.1 Å². The Morgan fingerprint density at radius 1 is 1.14 bits per heavy atom. The summed E-state index contributed by atoms with van der Waals surface area (Å²) in [6.07, 6.45) is -6.76. The van der Waals surface area contributed by atoms with Gasteiger partial charge in [-0.2, -0.15) is 26.3 Å². The summed E-state index contributed by atoms with van der Waals surface area (Å²) in [5.74, 6) is -0.805. The van der Waals surface area contributed by atoms with Gasteiger partial charge in [0, 0.05) is 44.6 Å². The second-order valence-corrected chi connectivity index (χ2v) is 9.16. The SMILES string of the molecule is CN1CCN(c2cc(C(N)=O)nc3c2CCCN(Cc2ccnc(C(F)(F)F)c2)C3)CC1C(F)(F)F. The predicted molar refractivity (Wildman–Crippen MR) is 119 cm³/mol. The van der Waals surface area contributed by atoms with Gasteiger partial charge in [-0.3, -0.25) is 19.6 Å². The molecule has 36 heavy (non-hydrogen) atoms. The average Bonchev–Trinajstić information content (AvgIpc) is 2.99. The zero-order valence-corrected chi connectivity index (χ0v) is 19.5. The van der Waals surface area contributed by atoms with E-state index in [0.717, 1.165) is 17.8 Å². The van der Waals surface area contributed by atoms with Gasteiger partial charge in [-0.05, 0) is 55.8 Å². The van der Waals surface area contributed by atoms with E-state index >= 15 is 0 Å². The Hall–Kier alpha value is -2.93. The number of carbonyl (C=O) groups is 1. The number of hydrogen-bond acceptors (Lipinski definition) is 6. The maximum absolute atomic E-state index is 13.6. The number of primary amides is 1. The Morgan fingerprint density at radius 2 is 1.89 bits per heavy atom. The number of rotatable bonds is 4. The Balaban J connectivity index is 1.64. The number of likely N-dealkylation sites (N-methyl/N-ethyl adjacent to an activating group) is 1. The Morgan fingerprint density at radius 3 is 2.56 bits per heavy atom. The van der Waals surface area contributed by atoms with Crippen molar-refractivity contribution in [2.24, 2.45) is 5.73 Å². The minimum atomic E-state index is -4.56. The molecule has 1 unspecified atom stereocenters. The largest absolute Gasteiger partial charge is 0.433 e. The quantitative estimate of drug-likeness (QED) is 0.629. The van der Waals surface area contributed by atoms with E-state index < -0.39 is 30.0 Å². The number of nitrogens with two attached hydrogens (primary N) is 1. The topological polar surface area (TPSA) is 78.6 Å². The number of fused-ring (bicyclic) bond motifs is 1. The molecule has 4 heterocycles. The van der Waals surface area contributed by atoms with Gasteiger partial charge in [0.1, 0.15) is 17.4 Å². The molecule has 1 saturated heterocycles. The van der Waals surface area contributed by atoms with Crippen LogP contribution in [0, 0.1) is 0 Å². The summed E-state index contributed by atoms with van der Waals surface area (Å²) in [5, 5.41) is 0. The first-order valence-corrected chi connectivity index (χ1v) is 11.4. The number of hydrogen-bond donors (Lipinski definition) is 1. The van der Waals surface area contributed by atoms with Gasteiger partial charge in [-0.1, -0.05) is 0 Å². The molecule has 2 N–H and O–H groups in total. The standard InChI is InChI=1S/C23H26F6N6O/c1-33-7-8-35(13-20(33)23(27,28)29)18-10-16(21(30)36)32-17-12-34(6-2-3-15(17)18)11-14-4-5-31-19(9-14)22(24,25)26/h4-5,9-10,20H,2-3,6-8,11-13H2,1H3,(H2,30,36). The van der Waals surface area contributed by atoms with E-state index in [4.69, 9.17) is 5.73 Å². The fraction of sp³-hybridized carbons (Fsp3) is 0.522. The molecule has 0 aromatic carbocycles. The van der Waals surface area contributed by atoms with Crippen LogP contribution in [0.2, 0.25) is 0 Å². The summed E-state index contributed by atoms with van der Waals surface area (Å²) >= 11 is 0. The van der Waals surface area contributed by atoms with Gasteiger partial charge in [-0.25, -0.2) is 4.98 Å². The molecule has 196 valence electrons. The maximum Gasteiger partial charge on any atom is 0.433 e. The minimum Gasteiger partial charge on any atom is -0.368 e. The van der Waals surface area contributed by atoms with Crippen molar-refractivity contribution in [3.05, 3.63) is 52.6 Å². The fourth-order valence-corrected chi connectivity index (χ4v) is 4.76. The third-order valence-corrected chi connectivity index (χ3v) is 6.60. The highest BCUT2D eigenvalue weighted by Gasteiger charge is 2.45. The average molecular weight is 516 g/mol. The highest BCUT2D eigenvalue weighted by Crippen LogP contribution is 2.34. The highest BCUT2D eigenvalue weighted by atomic mass is 19.4. The highest BCUT2D eigenvalue weighted by molar-refractivity contribution is 5.92. The number of halogens is 6. The Bertz CT molecular complexity index is 1120. The van der Waals surface area contributed by atoms with Crippen molar-refractivity contribution < 1.29 is 31.1 Å². The smallest absolute Gasteiger partial charge is 0.368 e. The Labute approximate surface area is 203 Å². The molecular weight excluding hydrogens is 490 g/mol. The third kappa shape index (κ3) is 5.72. The molecule has 2 aromatic heterocycles. The van der Waals surface area contributed by atoms with Crippen LogP contribution in [0.15, 0.2) is 24.4 Å². The first-order chi connectivity index (χ1) is 16.8. The molecule has 4 rings (SSSR count). The first-order valence-electron chi connectivity index (χ1n) is 11.4. The lowest BCUT2D eigenvalue weighted by Gasteiger charge is -2.42. The molecule has 2 aliphatic rings. The molecule has 2 aliphatic heterocycles. The number of pyridine rings is 2. The lowest BCUT2D eigenvalue weighted by atomic mass is 10.0. The van der Waals surface area contributed by atoms with Gasteiger partial charge in [-0.15, -0.1) is 0 Å². The number of aromatic nitrogens is 2. The summed E-state index contributed by atoms with van der Waals surface area (Å²) in [5.41, 5.74) is 6.58. The van der Waals surface area contributed by atoms with Crippen LogP contribution in [0.3, 0.4) is 0 Å². The third-order valence-electron chi connectivity index (χ3n) is 6.60. The number of amides is 1. The summed E-state index contributed by atoms with van der Waals surface area (Å²) in [7, 11) is 1.43. The number of carbonyl (C=O) groups excluding carboxylic acids is 1. The van der Waals surface area contributed by atoms with Gasteiger partial charge < -0.3 is 10.6 Å². The van der Waals surface area contributed by atoms with Crippen LogP contribution in [0.5, 0.6) is 0 Å². The summed E-state index contributed by atoms with van der Waals surface area (Å²) in [6.45, 7) is 1.15. The molecule has 0 aliphatic carbocycles. The molecule has 2 aromatic rings. The van der Waals surface area contributed by atoms with E-state index in [0.29, 0.717) is 42.9 Å². The van der Waals surface area contributed by atoms with Gasteiger partial charge in [0.25, 0.3) is 5.91 Å². The van der Waals surface area contributed by atoms with Gasteiger partial charge >= 0.3 is 12.4 Å². The van der Waals surface area contributed by atoms with Crippen LogP contribution in [0.1, 0.15) is 39.4 Å². The van der Waals surface area contributed by atoms with Gasteiger partial charge in [0.15, 0.2) is 0 Å². The van der Waals surface area contributed by atoms with E-state index in [1.807, 2.05) is 4.90 Å². The predicted octanol–water partition coefficient (Wildman–Crippen LogP) is 3.23. The number of anilines is 1. The molecule has 1 amide bonds. The van der Waals surface area contributed by atoms with Gasteiger partial charge in [0.2, 0.25) is 0 Å². The van der Waals surface area contributed by atoms with E-state index in [9.17, 15) is 31.1 Å². The monoisotopic (exact) mass is 516 g/mol. The first kappa shape index (κ1) is 26.1. The molecule has 7 nitrogen and oxygen atoms in total. The molecule has 0 radical (unpaired) electrons. The fourth-order valence-electron chi connectivity index (χ4n) is 4.76. The van der Waals surface area contributed by atoms with E-state index in [2.05, 4.69) is 9.97 Å². The second-order valence-electron chi connectivity index (χ2n) is 9.16. The lowest BCUT2D eigenvalue weighted by Crippen LogP contribution is -2.57. The normalized spacial score (nSPS) is 20.2. The van der Waals surface area contributed by atoms with E-state index in [-0.39, 0.29) is 31.9 Å². The van der Waals surface area contributed by atoms with Crippen LogP contribution >= 0.6 is 0 Å². The minimum absolute atomic E-state index is 0.0589. The van der Waals surface area contributed by atoms with Gasteiger partial charge in [0.05, 0.1) is 5.69 Å². The van der Waals surface area contributed by atoms with Crippen molar-refractivity contribution in [2.45, 2.75) is 44.3 Å². The van der Waals surface area contributed by atoms with Crippen LogP contribution in [0.25, 0.3) is 0 Å². The van der Waals surface area contributed by atoms with Crippen LogP contribution < -0.4 is 10.6 Å². The van der Waals surface area contributed by atoms with Crippen molar-refractivity contribution in [3.8, 4) is 0 Å². The molecule has 1 fully saturated rings. The summed E-state index contributed by atoms with van der Waals surface area (Å²) in [6, 6.07) is 2.28. The van der Waals surface area contributed by atoms with Crippen LogP contribution in [-0.4, -0.2) is 71.1 Å². The number of alkyl halides is 6. The maximum atomic E-state index is 13.6. The van der Waals surface area contributed by atoms with Crippen molar-refractivity contribution in [1.82, 2.24) is 19.8 Å². The number of piperazine rings is 1. The Kier molecular flexibility index (Phi) is 7.15. The zero-order valence-electron chi connectivity index (χ0n) is 19.5. The van der Waals surface area contributed by atoms with E-state index in [1.54, 1.807) is 4.90 Å². The molecular formula is C23H26F6N6O. The van der Waals surface area contributed by atoms with Crippen LogP contribution in [0.4, 0.5) is 32.0 Å². The molecule has 0 spiro atoms. The van der Waals surface area contributed by atoms with Crippen molar-refractivity contribution in [2.75, 3.05) is 38.1 Å². The lowest BCUT2D eigenvalue weighted by molar-refractivity contribution is -0.180.